The van der Waals surface area contributed by atoms with Crippen molar-refractivity contribution in [2.75, 3.05) is 0 Å². The van der Waals surface area contributed by atoms with Crippen LogP contribution in [0.4, 0.5) is 0 Å². The first-order chi connectivity index (χ1) is 7.22. The van der Waals surface area contributed by atoms with Gasteiger partial charge in [-0.1, -0.05) is 50.8 Å². The minimum atomic E-state index is 0.151. The zero-order valence-corrected chi connectivity index (χ0v) is 9.36. The number of ketones is 1. The SMILES string of the molecule is [CH]=Cc1ccc(C(=O)C(CC)CC)cc1. The fourth-order valence-corrected chi connectivity index (χ4v) is 1.65. The molecule has 1 nitrogen and oxygen atoms in total. The molecular formula is C14H17O. The Morgan fingerprint density at radius 3 is 2.20 bits per heavy atom. The monoisotopic (exact) mass is 201 g/mol. The van der Waals surface area contributed by atoms with Gasteiger partial charge in [-0.05, 0) is 18.4 Å². The van der Waals surface area contributed by atoms with Crippen LogP contribution in [0.25, 0.3) is 6.08 Å². The average Bonchev–Trinajstić information content (AvgIpc) is 2.30. The Morgan fingerprint density at radius 1 is 1.27 bits per heavy atom. The van der Waals surface area contributed by atoms with Gasteiger partial charge in [0.1, 0.15) is 0 Å². The van der Waals surface area contributed by atoms with Crippen LogP contribution in [0.5, 0.6) is 0 Å². The van der Waals surface area contributed by atoms with E-state index in [9.17, 15) is 4.79 Å². The summed E-state index contributed by atoms with van der Waals surface area (Å²) in [7, 11) is 0. The van der Waals surface area contributed by atoms with E-state index < -0.39 is 0 Å². The van der Waals surface area contributed by atoms with Crippen LogP contribution in [0.2, 0.25) is 0 Å². The summed E-state index contributed by atoms with van der Waals surface area (Å²) < 4.78 is 0. The van der Waals surface area contributed by atoms with E-state index in [0.717, 1.165) is 24.0 Å². The summed E-state index contributed by atoms with van der Waals surface area (Å²) in [6, 6.07) is 7.43. The summed E-state index contributed by atoms with van der Waals surface area (Å²) in [5.74, 6) is 0.390. The van der Waals surface area contributed by atoms with E-state index in [1.807, 2.05) is 38.1 Å². The van der Waals surface area contributed by atoms with Crippen LogP contribution in [0.15, 0.2) is 24.3 Å². The fourth-order valence-electron chi connectivity index (χ4n) is 1.65. The Bertz CT molecular complexity index is 331. The summed E-state index contributed by atoms with van der Waals surface area (Å²) in [6.45, 7) is 9.48. The van der Waals surface area contributed by atoms with Gasteiger partial charge in [0.15, 0.2) is 5.78 Å². The first-order valence-electron chi connectivity index (χ1n) is 5.42. The third-order valence-electron chi connectivity index (χ3n) is 2.74. The van der Waals surface area contributed by atoms with Crippen molar-refractivity contribution in [2.24, 2.45) is 5.92 Å². The molecule has 0 saturated heterocycles. The van der Waals surface area contributed by atoms with E-state index in [1.54, 1.807) is 0 Å². The molecule has 15 heavy (non-hydrogen) atoms. The lowest BCUT2D eigenvalue weighted by molar-refractivity contribution is 0.0913. The van der Waals surface area contributed by atoms with Gasteiger partial charge in [-0.3, -0.25) is 4.79 Å². The van der Waals surface area contributed by atoms with Gasteiger partial charge in [-0.25, -0.2) is 0 Å². The maximum atomic E-state index is 12.0. The molecule has 1 aromatic rings. The number of Topliss-reactive ketones (excluding diaryl/α,β-unsaturated/α-hetero) is 1. The molecule has 0 unspecified atom stereocenters. The third kappa shape index (κ3) is 2.79. The molecule has 1 aromatic carbocycles. The van der Waals surface area contributed by atoms with Gasteiger partial charge < -0.3 is 0 Å². The minimum absolute atomic E-state index is 0.151. The Labute approximate surface area is 91.8 Å². The topological polar surface area (TPSA) is 17.1 Å². The molecule has 0 atom stereocenters. The Morgan fingerprint density at radius 2 is 1.80 bits per heavy atom. The van der Waals surface area contributed by atoms with Gasteiger partial charge in [-0.15, -0.1) is 0 Å². The van der Waals surface area contributed by atoms with Crippen LogP contribution in [-0.4, -0.2) is 5.78 Å². The predicted octanol–water partition coefficient (Wildman–Crippen LogP) is 3.75. The van der Waals surface area contributed by atoms with Crippen molar-refractivity contribution in [1.29, 1.82) is 0 Å². The Kier molecular flexibility index (Phi) is 4.29. The van der Waals surface area contributed by atoms with Gasteiger partial charge in [0.25, 0.3) is 0 Å². The van der Waals surface area contributed by atoms with Gasteiger partial charge in [0.2, 0.25) is 0 Å². The number of carbonyl (C=O) groups excluding carboxylic acids is 1. The second-order valence-electron chi connectivity index (χ2n) is 3.67. The molecule has 0 bridgehead atoms. The van der Waals surface area contributed by atoms with Crippen LogP contribution in [0.1, 0.15) is 42.6 Å². The molecule has 0 aliphatic rings. The third-order valence-corrected chi connectivity index (χ3v) is 2.74. The zero-order valence-electron chi connectivity index (χ0n) is 9.36. The molecule has 0 aliphatic heterocycles. The molecule has 1 radical (unpaired) electrons. The Balaban J connectivity index is 2.86. The molecular weight excluding hydrogens is 184 g/mol. The van der Waals surface area contributed by atoms with Crippen LogP contribution in [0, 0.1) is 12.5 Å². The summed E-state index contributed by atoms with van der Waals surface area (Å²) in [6.07, 6.45) is 3.34. The number of hydrogen-bond acceptors (Lipinski definition) is 1. The molecule has 1 heteroatoms. The zero-order chi connectivity index (χ0) is 11.3. The van der Waals surface area contributed by atoms with Crippen LogP contribution in [-0.2, 0) is 0 Å². The highest BCUT2D eigenvalue weighted by atomic mass is 16.1. The van der Waals surface area contributed by atoms with Crippen molar-refractivity contribution in [2.45, 2.75) is 26.7 Å². The van der Waals surface area contributed by atoms with Crippen molar-refractivity contribution < 1.29 is 4.79 Å². The molecule has 0 aromatic heterocycles. The van der Waals surface area contributed by atoms with Gasteiger partial charge in [0, 0.05) is 11.5 Å². The van der Waals surface area contributed by atoms with E-state index in [0.29, 0.717) is 0 Å². The first-order valence-corrected chi connectivity index (χ1v) is 5.42. The lowest BCUT2D eigenvalue weighted by Crippen LogP contribution is -2.12. The van der Waals surface area contributed by atoms with Crippen LogP contribution in [0.3, 0.4) is 0 Å². The van der Waals surface area contributed by atoms with Crippen molar-refractivity contribution in [3.8, 4) is 0 Å². The lowest BCUT2D eigenvalue weighted by Gasteiger charge is -2.10. The average molecular weight is 201 g/mol. The van der Waals surface area contributed by atoms with E-state index in [2.05, 4.69) is 0 Å². The highest BCUT2D eigenvalue weighted by Gasteiger charge is 2.15. The molecule has 0 fully saturated rings. The standard InChI is InChI=1S/C14H17O/c1-4-11-7-9-13(10-8-11)14(15)12(5-2)6-3/h1,4,7-10,12H,5-6H2,2-3H3. The van der Waals surface area contributed by atoms with E-state index >= 15 is 0 Å². The van der Waals surface area contributed by atoms with Gasteiger partial charge in [-0.2, -0.15) is 0 Å². The molecule has 1 rings (SSSR count). The summed E-state index contributed by atoms with van der Waals surface area (Å²) >= 11 is 0. The fraction of sp³-hybridized carbons (Fsp3) is 0.357. The van der Waals surface area contributed by atoms with E-state index in [-0.39, 0.29) is 11.7 Å². The second kappa shape index (κ2) is 5.50. The largest absolute Gasteiger partial charge is 0.294 e. The highest BCUT2D eigenvalue weighted by Crippen LogP contribution is 2.16. The number of carbonyl (C=O) groups is 1. The Hall–Kier alpha value is -1.37. The summed E-state index contributed by atoms with van der Waals surface area (Å²) in [5, 5.41) is 0. The van der Waals surface area contributed by atoms with Crippen molar-refractivity contribution in [1.82, 2.24) is 0 Å². The van der Waals surface area contributed by atoms with Crippen molar-refractivity contribution >= 4 is 11.9 Å². The van der Waals surface area contributed by atoms with Gasteiger partial charge in [0.05, 0.1) is 0 Å². The smallest absolute Gasteiger partial charge is 0.165 e. The van der Waals surface area contributed by atoms with Gasteiger partial charge >= 0.3 is 0 Å². The maximum Gasteiger partial charge on any atom is 0.165 e. The molecule has 0 heterocycles. The normalized spacial score (nSPS) is 10.3. The lowest BCUT2D eigenvalue weighted by atomic mass is 9.93. The first kappa shape index (κ1) is 11.7. The van der Waals surface area contributed by atoms with E-state index in [1.165, 1.54) is 6.08 Å². The van der Waals surface area contributed by atoms with Crippen LogP contribution < -0.4 is 0 Å². The van der Waals surface area contributed by atoms with Crippen molar-refractivity contribution in [3.05, 3.63) is 42.0 Å². The number of rotatable bonds is 5. The molecule has 79 valence electrons. The molecule has 0 aliphatic carbocycles. The molecule has 0 amide bonds. The molecule has 0 spiro atoms. The quantitative estimate of drug-likeness (QED) is 0.663. The summed E-state index contributed by atoms with van der Waals surface area (Å²) in [4.78, 5) is 12.0. The predicted molar refractivity (Wildman–Crippen MR) is 63.6 cm³/mol. The maximum absolute atomic E-state index is 12.0. The summed E-state index contributed by atoms with van der Waals surface area (Å²) in [5.41, 5.74) is 1.73. The number of benzene rings is 1. The van der Waals surface area contributed by atoms with Crippen molar-refractivity contribution in [3.63, 3.8) is 0 Å². The minimum Gasteiger partial charge on any atom is -0.294 e. The number of hydrogen-bond donors (Lipinski definition) is 0. The van der Waals surface area contributed by atoms with E-state index in [4.69, 9.17) is 6.58 Å². The molecule has 0 N–H and O–H groups in total. The highest BCUT2D eigenvalue weighted by molar-refractivity contribution is 5.97. The second-order valence-corrected chi connectivity index (χ2v) is 3.67. The van der Waals surface area contributed by atoms with Crippen LogP contribution >= 0.6 is 0 Å². The molecule has 0 saturated carbocycles.